The largest absolute Gasteiger partial charge is 0.508 e. The van der Waals surface area contributed by atoms with Crippen LogP contribution < -0.4 is 0 Å². The van der Waals surface area contributed by atoms with Gasteiger partial charge in [-0.15, -0.1) is 0 Å². The Labute approximate surface area is 130 Å². The summed E-state index contributed by atoms with van der Waals surface area (Å²) < 4.78 is 0. The molecule has 1 fully saturated rings. The number of H-pyrrole nitrogens is 1. The van der Waals surface area contributed by atoms with Gasteiger partial charge in [0.05, 0.1) is 6.61 Å². The van der Waals surface area contributed by atoms with Crippen LogP contribution in [0.1, 0.15) is 30.5 Å². The number of phenolic OH excluding ortho intramolecular Hbond substituents is 1. The second-order valence-electron chi connectivity index (χ2n) is 6.56. The van der Waals surface area contributed by atoms with Crippen molar-refractivity contribution >= 4 is 10.9 Å². The first-order valence-corrected chi connectivity index (χ1v) is 8.03. The molecule has 3 N–H and O–H groups in total. The Kier molecular flexibility index (Phi) is 3.24. The average molecular weight is 298 g/mol. The Morgan fingerprint density at radius 1 is 1.41 bits per heavy atom. The highest BCUT2D eigenvalue weighted by atomic mass is 16.3. The molecule has 0 spiro atoms. The molecule has 4 rings (SSSR count). The maximum absolute atomic E-state index is 9.81. The van der Waals surface area contributed by atoms with Crippen LogP contribution in [-0.2, 0) is 6.42 Å². The summed E-state index contributed by atoms with van der Waals surface area (Å²) in [5.74, 6) is 0.759. The number of rotatable bonds is 1. The molecule has 2 aliphatic rings. The van der Waals surface area contributed by atoms with Gasteiger partial charge in [0.25, 0.3) is 0 Å². The van der Waals surface area contributed by atoms with Gasteiger partial charge in [-0.3, -0.25) is 4.90 Å². The summed E-state index contributed by atoms with van der Waals surface area (Å²) in [6.07, 6.45) is 3.97. The molecule has 0 saturated carbocycles. The van der Waals surface area contributed by atoms with Crippen LogP contribution in [0.4, 0.5) is 0 Å². The molecule has 1 aromatic heterocycles. The Hall–Kier alpha value is -1.78. The molecule has 3 unspecified atom stereocenters. The molecule has 2 aromatic rings. The van der Waals surface area contributed by atoms with Gasteiger partial charge < -0.3 is 15.2 Å². The van der Waals surface area contributed by atoms with E-state index in [0.29, 0.717) is 17.7 Å². The van der Waals surface area contributed by atoms with Crippen LogP contribution in [0.2, 0.25) is 0 Å². The normalized spacial score (nSPS) is 29.5. The quantitative estimate of drug-likeness (QED) is 0.709. The van der Waals surface area contributed by atoms with Gasteiger partial charge in [-0.25, -0.2) is 0 Å². The molecule has 0 amide bonds. The van der Waals surface area contributed by atoms with Gasteiger partial charge >= 0.3 is 0 Å². The van der Waals surface area contributed by atoms with Gasteiger partial charge in [-0.05, 0) is 43.5 Å². The minimum atomic E-state index is 0.123. The molecule has 3 heterocycles. The van der Waals surface area contributed by atoms with E-state index in [2.05, 4.69) is 16.8 Å². The number of nitrogens with one attached hydrogen (secondary N) is 1. The van der Waals surface area contributed by atoms with E-state index in [4.69, 9.17) is 0 Å². The number of aliphatic hydroxyl groups excluding tert-OH is 1. The first kappa shape index (κ1) is 13.9. The third kappa shape index (κ3) is 2.06. The lowest BCUT2D eigenvalue weighted by molar-refractivity contribution is 0.177. The van der Waals surface area contributed by atoms with Gasteiger partial charge in [0, 0.05) is 41.6 Å². The van der Waals surface area contributed by atoms with Crippen LogP contribution in [0, 0.1) is 0 Å². The number of aromatic nitrogens is 1. The molecule has 22 heavy (non-hydrogen) atoms. The van der Waals surface area contributed by atoms with Crippen molar-refractivity contribution in [2.45, 2.75) is 31.7 Å². The van der Waals surface area contributed by atoms with Gasteiger partial charge in [-0.2, -0.15) is 0 Å². The smallest absolute Gasteiger partial charge is 0.116 e. The third-order valence-corrected chi connectivity index (χ3v) is 5.37. The predicted octanol–water partition coefficient (Wildman–Crippen LogP) is 2.53. The zero-order valence-corrected chi connectivity index (χ0v) is 12.8. The lowest BCUT2D eigenvalue weighted by atomic mass is 9.84. The summed E-state index contributed by atoms with van der Waals surface area (Å²) in [7, 11) is 0. The third-order valence-electron chi connectivity index (χ3n) is 5.37. The molecular weight excluding hydrogens is 276 g/mol. The number of hydrogen-bond donors (Lipinski definition) is 3. The van der Waals surface area contributed by atoms with Gasteiger partial charge in [0.1, 0.15) is 5.75 Å². The van der Waals surface area contributed by atoms with E-state index < -0.39 is 0 Å². The van der Waals surface area contributed by atoms with Crippen molar-refractivity contribution in [3.05, 3.63) is 41.1 Å². The summed E-state index contributed by atoms with van der Waals surface area (Å²) in [5, 5.41) is 20.2. The number of aliphatic hydroxyl groups is 1. The summed E-state index contributed by atoms with van der Waals surface area (Å²) in [6, 6.07) is 6.09. The predicted molar refractivity (Wildman–Crippen MR) is 87.2 cm³/mol. The van der Waals surface area contributed by atoms with E-state index in [1.807, 2.05) is 18.2 Å². The molecule has 2 bridgehead atoms. The van der Waals surface area contributed by atoms with E-state index in [-0.39, 0.29) is 6.61 Å². The minimum absolute atomic E-state index is 0.123. The number of benzene rings is 1. The van der Waals surface area contributed by atoms with E-state index in [1.165, 1.54) is 16.8 Å². The summed E-state index contributed by atoms with van der Waals surface area (Å²) in [6.45, 7) is 4.41. The fraction of sp³-hybridized carbons (Fsp3) is 0.444. The lowest BCUT2D eigenvalue weighted by Crippen LogP contribution is -2.42. The number of piperidine rings is 1. The second-order valence-corrected chi connectivity index (χ2v) is 6.56. The van der Waals surface area contributed by atoms with Crippen molar-refractivity contribution in [3.8, 4) is 5.75 Å². The number of phenols is 1. The minimum Gasteiger partial charge on any atom is -0.508 e. The van der Waals surface area contributed by atoms with Gasteiger partial charge in [0.2, 0.25) is 0 Å². The SMILES string of the molecule is CC1C2C/C(=C/CO)CN1CCc1c2[nH]c2ccc(O)cc12. The Bertz CT molecular complexity index is 747. The summed E-state index contributed by atoms with van der Waals surface area (Å²) in [4.78, 5) is 6.12. The van der Waals surface area contributed by atoms with Crippen molar-refractivity contribution in [1.82, 2.24) is 9.88 Å². The van der Waals surface area contributed by atoms with Crippen molar-refractivity contribution < 1.29 is 10.2 Å². The van der Waals surface area contributed by atoms with Crippen LogP contribution in [0.25, 0.3) is 10.9 Å². The average Bonchev–Trinajstić information content (AvgIpc) is 2.82. The number of hydrogen-bond acceptors (Lipinski definition) is 3. The summed E-state index contributed by atoms with van der Waals surface area (Å²) >= 11 is 0. The topological polar surface area (TPSA) is 59.5 Å². The Balaban J connectivity index is 1.85. The Morgan fingerprint density at radius 3 is 3.09 bits per heavy atom. The van der Waals surface area contributed by atoms with Gasteiger partial charge in [0.15, 0.2) is 0 Å². The molecular formula is C18H22N2O2. The van der Waals surface area contributed by atoms with Crippen LogP contribution >= 0.6 is 0 Å². The molecule has 0 aliphatic carbocycles. The number of nitrogens with zero attached hydrogens (tertiary/aromatic N) is 1. The first-order valence-electron chi connectivity index (χ1n) is 8.03. The Morgan fingerprint density at radius 2 is 2.27 bits per heavy atom. The molecule has 2 aliphatic heterocycles. The lowest BCUT2D eigenvalue weighted by Gasteiger charge is -2.38. The first-order chi connectivity index (χ1) is 10.7. The van der Waals surface area contributed by atoms with E-state index in [0.717, 1.165) is 36.8 Å². The molecule has 3 atom stereocenters. The number of aromatic amines is 1. The fourth-order valence-corrected chi connectivity index (χ4v) is 4.18. The van der Waals surface area contributed by atoms with Crippen molar-refractivity contribution in [3.63, 3.8) is 0 Å². The van der Waals surface area contributed by atoms with Crippen molar-refractivity contribution in [2.75, 3.05) is 19.7 Å². The maximum Gasteiger partial charge on any atom is 0.116 e. The standard InChI is InChI=1S/C18H22N2O2/c1-11-15-8-12(5-7-21)10-20(11)6-4-14-16-9-13(22)2-3-17(16)19-18(14)15/h2-3,5,9,11,15,19,21-22H,4,6-8,10H2,1H3/b12-5-. The second kappa shape index (κ2) is 5.14. The van der Waals surface area contributed by atoms with Crippen LogP contribution in [0.3, 0.4) is 0 Å². The molecule has 0 radical (unpaired) electrons. The summed E-state index contributed by atoms with van der Waals surface area (Å²) in [5.41, 5.74) is 5.12. The monoisotopic (exact) mass is 298 g/mol. The van der Waals surface area contributed by atoms with Crippen LogP contribution in [0.5, 0.6) is 5.75 Å². The highest BCUT2D eigenvalue weighted by Crippen LogP contribution is 2.41. The van der Waals surface area contributed by atoms with E-state index in [1.54, 1.807) is 6.07 Å². The zero-order valence-electron chi connectivity index (χ0n) is 12.8. The highest BCUT2D eigenvalue weighted by Gasteiger charge is 2.36. The van der Waals surface area contributed by atoms with Crippen LogP contribution in [-0.4, -0.2) is 45.8 Å². The molecule has 1 aromatic carbocycles. The highest BCUT2D eigenvalue weighted by molar-refractivity contribution is 5.86. The molecule has 1 saturated heterocycles. The molecule has 4 nitrogen and oxygen atoms in total. The number of aromatic hydroxyl groups is 1. The van der Waals surface area contributed by atoms with Crippen molar-refractivity contribution in [2.24, 2.45) is 0 Å². The van der Waals surface area contributed by atoms with Gasteiger partial charge in [-0.1, -0.05) is 11.6 Å². The fourth-order valence-electron chi connectivity index (χ4n) is 4.18. The maximum atomic E-state index is 9.81. The van der Waals surface area contributed by atoms with Crippen LogP contribution in [0.15, 0.2) is 29.8 Å². The molecule has 4 heteroatoms. The van der Waals surface area contributed by atoms with E-state index >= 15 is 0 Å². The molecule has 116 valence electrons. The number of fused-ring (bicyclic) bond motifs is 6. The van der Waals surface area contributed by atoms with E-state index in [9.17, 15) is 10.2 Å². The van der Waals surface area contributed by atoms with Crippen molar-refractivity contribution in [1.29, 1.82) is 0 Å². The zero-order chi connectivity index (χ0) is 15.3.